The summed E-state index contributed by atoms with van der Waals surface area (Å²) in [5.41, 5.74) is 10.9. The number of rotatable bonds is 5. The van der Waals surface area contributed by atoms with E-state index in [2.05, 4.69) is 33.8 Å². The standard InChI is InChI=1S/C14H23NO/c1-5-8-16-14-9-10(2)13(6-7-15)11(3)12(14)4/h9H,5-8,15H2,1-4H3. The zero-order chi connectivity index (χ0) is 12.1. The second-order valence-corrected chi connectivity index (χ2v) is 4.31. The molecular weight excluding hydrogens is 198 g/mol. The molecule has 1 rings (SSSR count). The molecule has 1 aromatic rings. The van der Waals surface area contributed by atoms with Crippen LogP contribution in [0.3, 0.4) is 0 Å². The van der Waals surface area contributed by atoms with Crippen LogP contribution in [-0.2, 0) is 6.42 Å². The molecule has 0 aliphatic carbocycles. The fourth-order valence-electron chi connectivity index (χ4n) is 1.99. The van der Waals surface area contributed by atoms with Crippen LogP contribution in [0.15, 0.2) is 6.07 Å². The van der Waals surface area contributed by atoms with Crippen LogP contribution in [0.1, 0.15) is 35.6 Å². The molecule has 2 nitrogen and oxygen atoms in total. The molecule has 90 valence electrons. The minimum absolute atomic E-state index is 0.705. The molecule has 0 aliphatic heterocycles. The highest BCUT2D eigenvalue weighted by molar-refractivity contribution is 5.48. The molecule has 1 aromatic carbocycles. The van der Waals surface area contributed by atoms with E-state index in [4.69, 9.17) is 10.5 Å². The van der Waals surface area contributed by atoms with Gasteiger partial charge in [-0.25, -0.2) is 0 Å². The monoisotopic (exact) mass is 221 g/mol. The Labute approximate surface area is 98.8 Å². The first-order valence-electron chi connectivity index (χ1n) is 6.04. The lowest BCUT2D eigenvalue weighted by Gasteiger charge is -2.16. The quantitative estimate of drug-likeness (QED) is 0.829. The summed E-state index contributed by atoms with van der Waals surface area (Å²) in [5, 5.41) is 0. The topological polar surface area (TPSA) is 35.2 Å². The number of hydrogen-bond donors (Lipinski definition) is 1. The van der Waals surface area contributed by atoms with Gasteiger partial charge in [-0.15, -0.1) is 0 Å². The third-order valence-electron chi connectivity index (χ3n) is 3.06. The van der Waals surface area contributed by atoms with E-state index in [1.165, 1.54) is 22.3 Å². The molecule has 0 radical (unpaired) electrons. The number of benzene rings is 1. The van der Waals surface area contributed by atoms with Crippen molar-refractivity contribution in [1.29, 1.82) is 0 Å². The van der Waals surface area contributed by atoms with Gasteiger partial charge in [0.05, 0.1) is 6.61 Å². The van der Waals surface area contributed by atoms with Crippen LogP contribution in [0.25, 0.3) is 0 Å². The highest BCUT2D eigenvalue weighted by Crippen LogP contribution is 2.27. The summed E-state index contributed by atoms with van der Waals surface area (Å²) in [5.74, 6) is 1.03. The van der Waals surface area contributed by atoms with Gasteiger partial charge in [0.1, 0.15) is 5.75 Å². The summed E-state index contributed by atoms with van der Waals surface area (Å²) in [6.07, 6.45) is 1.99. The van der Waals surface area contributed by atoms with Crippen molar-refractivity contribution in [3.05, 3.63) is 28.3 Å². The van der Waals surface area contributed by atoms with Crippen LogP contribution in [0, 0.1) is 20.8 Å². The van der Waals surface area contributed by atoms with Gasteiger partial charge in [0, 0.05) is 0 Å². The second-order valence-electron chi connectivity index (χ2n) is 4.31. The molecule has 2 heteroatoms. The first kappa shape index (κ1) is 13.0. The van der Waals surface area contributed by atoms with Crippen LogP contribution < -0.4 is 10.5 Å². The molecule has 0 heterocycles. The molecule has 0 aliphatic rings. The number of ether oxygens (including phenoxy) is 1. The van der Waals surface area contributed by atoms with Crippen molar-refractivity contribution in [1.82, 2.24) is 0 Å². The third kappa shape index (κ3) is 2.76. The van der Waals surface area contributed by atoms with E-state index >= 15 is 0 Å². The summed E-state index contributed by atoms with van der Waals surface area (Å²) >= 11 is 0. The van der Waals surface area contributed by atoms with Gasteiger partial charge in [-0.1, -0.05) is 6.92 Å². The molecule has 0 saturated heterocycles. The molecule has 0 unspecified atom stereocenters. The summed E-state index contributed by atoms with van der Waals surface area (Å²) in [7, 11) is 0. The molecule has 0 spiro atoms. The van der Waals surface area contributed by atoms with E-state index in [0.717, 1.165) is 25.2 Å². The van der Waals surface area contributed by atoms with E-state index < -0.39 is 0 Å². The van der Waals surface area contributed by atoms with Crippen molar-refractivity contribution in [2.45, 2.75) is 40.5 Å². The van der Waals surface area contributed by atoms with E-state index in [9.17, 15) is 0 Å². The van der Waals surface area contributed by atoms with Crippen molar-refractivity contribution in [3.8, 4) is 5.75 Å². The summed E-state index contributed by atoms with van der Waals surface area (Å²) in [6, 6.07) is 2.14. The average molecular weight is 221 g/mol. The molecule has 0 aromatic heterocycles. The molecular formula is C14H23NO. The van der Waals surface area contributed by atoms with E-state index in [1.54, 1.807) is 0 Å². The Hall–Kier alpha value is -1.02. The third-order valence-corrected chi connectivity index (χ3v) is 3.06. The lowest BCUT2D eigenvalue weighted by Crippen LogP contribution is -2.08. The maximum Gasteiger partial charge on any atom is 0.122 e. The minimum atomic E-state index is 0.705. The van der Waals surface area contributed by atoms with Crippen LogP contribution in [0.4, 0.5) is 0 Å². The molecule has 0 bridgehead atoms. The number of aryl methyl sites for hydroxylation is 1. The van der Waals surface area contributed by atoms with Crippen molar-refractivity contribution in [2.24, 2.45) is 5.73 Å². The van der Waals surface area contributed by atoms with E-state index in [1.807, 2.05) is 0 Å². The minimum Gasteiger partial charge on any atom is -0.493 e. The van der Waals surface area contributed by atoms with Gasteiger partial charge < -0.3 is 10.5 Å². The maximum absolute atomic E-state index is 5.75. The fraction of sp³-hybridized carbons (Fsp3) is 0.571. The predicted octanol–water partition coefficient (Wildman–Crippen LogP) is 2.90. The highest BCUT2D eigenvalue weighted by atomic mass is 16.5. The lowest BCUT2D eigenvalue weighted by molar-refractivity contribution is 0.315. The fourth-order valence-corrected chi connectivity index (χ4v) is 1.99. The Kier molecular flexibility index (Phi) is 4.81. The normalized spacial score (nSPS) is 10.6. The molecule has 0 saturated carbocycles. The smallest absolute Gasteiger partial charge is 0.122 e. The average Bonchev–Trinajstić information content (AvgIpc) is 2.27. The van der Waals surface area contributed by atoms with Crippen LogP contribution in [-0.4, -0.2) is 13.2 Å². The molecule has 0 amide bonds. The van der Waals surface area contributed by atoms with Gasteiger partial charge in [0.25, 0.3) is 0 Å². The predicted molar refractivity (Wildman–Crippen MR) is 69.2 cm³/mol. The zero-order valence-electron chi connectivity index (χ0n) is 10.9. The number of nitrogens with two attached hydrogens (primary N) is 1. The van der Waals surface area contributed by atoms with Gasteiger partial charge in [-0.3, -0.25) is 0 Å². The molecule has 0 fully saturated rings. The maximum atomic E-state index is 5.75. The second kappa shape index (κ2) is 5.90. The molecule has 16 heavy (non-hydrogen) atoms. The van der Waals surface area contributed by atoms with Crippen LogP contribution >= 0.6 is 0 Å². The Morgan fingerprint density at radius 1 is 1.19 bits per heavy atom. The van der Waals surface area contributed by atoms with Crippen molar-refractivity contribution >= 4 is 0 Å². The first-order valence-corrected chi connectivity index (χ1v) is 6.04. The van der Waals surface area contributed by atoms with Crippen LogP contribution in [0.2, 0.25) is 0 Å². The first-order chi connectivity index (χ1) is 7.61. The van der Waals surface area contributed by atoms with Crippen molar-refractivity contribution in [3.63, 3.8) is 0 Å². The van der Waals surface area contributed by atoms with Gasteiger partial charge in [-0.05, 0) is 68.5 Å². The van der Waals surface area contributed by atoms with Gasteiger partial charge in [-0.2, -0.15) is 0 Å². The zero-order valence-corrected chi connectivity index (χ0v) is 10.9. The summed E-state index contributed by atoms with van der Waals surface area (Å²) in [4.78, 5) is 0. The van der Waals surface area contributed by atoms with Gasteiger partial charge >= 0.3 is 0 Å². The SMILES string of the molecule is CCCOc1cc(C)c(CCN)c(C)c1C. The summed E-state index contributed by atoms with van der Waals surface area (Å²) in [6.45, 7) is 10.0. The Bertz CT molecular complexity index is 358. The molecule has 2 N–H and O–H groups in total. The summed E-state index contributed by atoms with van der Waals surface area (Å²) < 4.78 is 5.75. The molecule has 0 atom stereocenters. The Morgan fingerprint density at radius 2 is 1.88 bits per heavy atom. The largest absolute Gasteiger partial charge is 0.493 e. The van der Waals surface area contributed by atoms with Gasteiger partial charge in [0.2, 0.25) is 0 Å². The van der Waals surface area contributed by atoms with Crippen molar-refractivity contribution < 1.29 is 4.74 Å². The highest BCUT2D eigenvalue weighted by Gasteiger charge is 2.10. The van der Waals surface area contributed by atoms with E-state index in [0.29, 0.717) is 6.54 Å². The number of hydrogen-bond acceptors (Lipinski definition) is 2. The Balaban J connectivity index is 3.06. The van der Waals surface area contributed by atoms with Gasteiger partial charge in [0.15, 0.2) is 0 Å². The van der Waals surface area contributed by atoms with Crippen LogP contribution in [0.5, 0.6) is 5.75 Å². The van der Waals surface area contributed by atoms with Crippen molar-refractivity contribution in [2.75, 3.05) is 13.2 Å². The Morgan fingerprint density at radius 3 is 2.44 bits per heavy atom. The lowest BCUT2D eigenvalue weighted by atomic mass is 9.95. The van der Waals surface area contributed by atoms with E-state index in [-0.39, 0.29) is 0 Å².